The van der Waals surface area contributed by atoms with Gasteiger partial charge in [0.25, 0.3) is 5.91 Å². The lowest BCUT2D eigenvalue weighted by molar-refractivity contribution is 0.0768. The summed E-state index contributed by atoms with van der Waals surface area (Å²) in [5.41, 5.74) is 3.11. The Bertz CT molecular complexity index is 1300. The third-order valence-corrected chi connectivity index (χ3v) is 8.83. The molecule has 2 heterocycles. The fraction of sp³-hybridized carbons (Fsp3) is 0.304. The standard InChI is InChI=1S/C23H23ClN2O3S2/c1-14-10-16(3)21(11-15(14)2)31(28,29)22-18-12-17(24)4-5-20(18)25-13-19(22)23(27)26-6-8-30-9-7-26/h4-5,10-13H,6-9H2,1-3H3. The van der Waals surface area contributed by atoms with E-state index in [2.05, 4.69) is 4.98 Å². The summed E-state index contributed by atoms with van der Waals surface area (Å²) in [6.45, 7) is 6.77. The van der Waals surface area contributed by atoms with Crippen LogP contribution in [0.3, 0.4) is 0 Å². The first kappa shape index (κ1) is 22.1. The number of rotatable bonds is 3. The van der Waals surface area contributed by atoms with Gasteiger partial charge in [-0.1, -0.05) is 17.7 Å². The van der Waals surface area contributed by atoms with E-state index >= 15 is 0 Å². The van der Waals surface area contributed by atoms with Crippen LogP contribution >= 0.6 is 23.4 Å². The molecule has 0 radical (unpaired) electrons. The molecule has 0 aliphatic carbocycles. The van der Waals surface area contributed by atoms with Crippen molar-refractivity contribution < 1.29 is 13.2 Å². The number of sulfone groups is 1. The smallest absolute Gasteiger partial charge is 0.256 e. The number of nitrogens with zero attached hydrogens (tertiary/aromatic N) is 2. The van der Waals surface area contributed by atoms with Crippen LogP contribution in [0.25, 0.3) is 10.9 Å². The number of amides is 1. The van der Waals surface area contributed by atoms with Gasteiger partial charge in [0.2, 0.25) is 9.84 Å². The van der Waals surface area contributed by atoms with Crippen LogP contribution in [0.5, 0.6) is 0 Å². The van der Waals surface area contributed by atoms with Gasteiger partial charge in [-0.25, -0.2) is 8.42 Å². The van der Waals surface area contributed by atoms with Crippen LogP contribution in [0.15, 0.2) is 46.3 Å². The molecule has 2 aromatic carbocycles. The molecule has 0 N–H and O–H groups in total. The first-order chi connectivity index (χ1) is 14.7. The summed E-state index contributed by atoms with van der Waals surface area (Å²) in [5, 5.41) is 0.754. The van der Waals surface area contributed by atoms with E-state index in [1.165, 1.54) is 6.20 Å². The fourth-order valence-corrected chi connectivity index (χ4v) is 6.85. The molecule has 0 atom stereocenters. The molecule has 1 aliphatic heterocycles. The fourth-order valence-electron chi connectivity index (χ4n) is 3.85. The van der Waals surface area contributed by atoms with Crippen molar-refractivity contribution in [3.63, 3.8) is 0 Å². The molecular formula is C23H23ClN2O3S2. The zero-order valence-corrected chi connectivity index (χ0v) is 20.0. The Morgan fingerprint density at radius 1 is 1.03 bits per heavy atom. The summed E-state index contributed by atoms with van der Waals surface area (Å²) in [6, 6.07) is 8.47. The molecule has 31 heavy (non-hydrogen) atoms. The van der Waals surface area contributed by atoms with E-state index in [4.69, 9.17) is 11.6 Å². The third-order valence-electron chi connectivity index (χ3n) is 5.66. The summed E-state index contributed by atoms with van der Waals surface area (Å²) in [6.07, 6.45) is 1.39. The van der Waals surface area contributed by atoms with Crippen LogP contribution in [-0.2, 0) is 9.84 Å². The number of thioether (sulfide) groups is 1. The van der Waals surface area contributed by atoms with Crippen LogP contribution in [0.4, 0.5) is 0 Å². The maximum atomic E-state index is 14.0. The van der Waals surface area contributed by atoms with Gasteiger partial charge >= 0.3 is 0 Å². The van der Waals surface area contributed by atoms with Gasteiger partial charge in [0, 0.05) is 41.2 Å². The van der Waals surface area contributed by atoms with Gasteiger partial charge < -0.3 is 4.90 Å². The molecule has 1 amide bonds. The van der Waals surface area contributed by atoms with Crippen molar-refractivity contribution in [2.75, 3.05) is 24.6 Å². The Hall–Kier alpha value is -2.09. The minimum Gasteiger partial charge on any atom is -0.337 e. The molecule has 162 valence electrons. The van der Waals surface area contributed by atoms with E-state index in [1.54, 1.807) is 47.9 Å². The van der Waals surface area contributed by atoms with Crippen molar-refractivity contribution >= 4 is 50.0 Å². The summed E-state index contributed by atoms with van der Waals surface area (Å²) < 4.78 is 28.0. The lowest BCUT2D eigenvalue weighted by atomic mass is 10.1. The van der Waals surface area contributed by atoms with Gasteiger partial charge in [0.1, 0.15) is 0 Å². The third kappa shape index (κ3) is 4.06. The van der Waals surface area contributed by atoms with Gasteiger partial charge in [-0.05, 0) is 61.7 Å². The van der Waals surface area contributed by atoms with Crippen molar-refractivity contribution in [2.45, 2.75) is 30.6 Å². The molecule has 8 heteroatoms. The number of carbonyl (C=O) groups excluding carboxylic acids is 1. The van der Waals surface area contributed by atoms with Crippen molar-refractivity contribution in [1.82, 2.24) is 9.88 Å². The van der Waals surface area contributed by atoms with E-state index < -0.39 is 9.84 Å². The van der Waals surface area contributed by atoms with Gasteiger partial charge in [-0.15, -0.1) is 0 Å². The monoisotopic (exact) mass is 474 g/mol. The number of pyridine rings is 1. The molecule has 4 rings (SSSR count). The maximum Gasteiger partial charge on any atom is 0.256 e. The van der Waals surface area contributed by atoms with Crippen LogP contribution in [0, 0.1) is 20.8 Å². The normalized spacial score (nSPS) is 14.8. The van der Waals surface area contributed by atoms with Gasteiger partial charge in [0.05, 0.1) is 20.9 Å². The van der Waals surface area contributed by atoms with E-state index in [0.717, 1.165) is 22.6 Å². The van der Waals surface area contributed by atoms with Crippen molar-refractivity contribution in [1.29, 1.82) is 0 Å². The van der Waals surface area contributed by atoms with Crippen LogP contribution < -0.4 is 0 Å². The first-order valence-electron chi connectivity index (χ1n) is 9.98. The number of hydrogen-bond donors (Lipinski definition) is 0. The van der Waals surface area contributed by atoms with Gasteiger partial charge in [-0.3, -0.25) is 9.78 Å². The van der Waals surface area contributed by atoms with Crippen LogP contribution in [0.1, 0.15) is 27.0 Å². The largest absolute Gasteiger partial charge is 0.337 e. The van der Waals surface area contributed by atoms with Crippen molar-refractivity contribution in [2.24, 2.45) is 0 Å². The van der Waals surface area contributed by atoms with E-state index in [0.29, 0.717) is 34.6 Å². The zero-order chi connectivity index (χ0) is 22.3. The quantitative estimate of drug-likeness (QED) is 0.543. The Morgan fingerprint density at radius 2 is 1.71 bits per heavy atom. The number of carbonyl (C=O) groups is 1. The Labute approximate surface area is 191 Å². The Kier molecular flexibility index (Phi) is 6.03. The number of halogens is 1. The molecule has 0 saturated carbocycles. The number of aromatic nitrogens is 1. The summed E-state index contributed by atoms with van der Waals surface area (Å²) in [7, 11) is -4.02. The van der Waals surface area contributed by atoms with E-state index in [-0.39, 0.29) is 21.3 Å². The highest BCUT2D eigenvalue weighted by molar-refractivity contribution is 7.99. The first-order valence-corrected chi connectivity index (χ1v) is 13.0. The van der Waals surface area contributed by atoms with E-state index in [9.17, 15) is 13.2 Å². The van der Waals surface area contributed by atoms with Crippen LogP contribution in [-0.4, -0.2) is 48.8 Å². The average molecular weight is 475 g/mol. The molecule has 1 aromatic heterocycles. The predicted molar refractivity (Wildman–Crippen MR) is 126 cm³/mol. The predicted octanol–water partition coefficient (Wildman–Crippen LogP) is 4.84. The van der Waals surface area contributed by atoms with Crippen molar-refractivity contribution in [3.8, 4) is 0 Å². The maximum absolute atomic E-state index is 14.0. The molecule has 0 spiro atoms. The Balaban J connectivity index is 2.01. The summed E-state index contributed by atoms with van der Waals surface area (Å²) in [4.78, 5) is 19.7. The highest BCUT2D eigenvalue weighted by atomic mass is 35.5. The molecule has 1 fully saturated rings. The molecule has 0 bridgehead atoms. The number of fused-ring (bicyclic) bond motifs is 1. The van der Waals surface area contributed by atoms with Gasteiger partial charge in [-0.2, -0.15) is 11.8 Å². The second-order valence-corrected chi connectivity index (χ2v) is 11.3. The highest BCUT2D eigenvalue weighted by Crippen LogP contribution is 2.35. The minimum absolute atomic E-state index is 0.0189. The molecule has 1 aliphatic rings. The molecular weight excluding hydrogens is 452 g/mol. The van der Waals surface area contributed by atoms with Crippen LogP contribution in [0.2, 0.25) is 5.02 Å². The average Bonchev–Trinajstić information content (AvgIpc) is 2.75. The SMILES string of the molecule is Cc1cc(C)c(S(=O)(=O)c2c(C(=O)N3CCSCC3)cnc3ccc(Cl)cc23)cc1C. The second-order valence-electron chi connectivity index (χ2n) is 7.77. The van der Waals surface area contributed by atoms with E-state index in [1.807, 2.05) is 19.9 Å². The highest BCUT2D eigenvalue weighted by Gasteiger charge is 2.31. The Morgan fingerprint density at radius 3 is 2.42 bits per heavy atom. The molecule has 3 aromatic rings. The summed E-state index contributed by atoms with van der Waals surface area (Å²) >= 11 is 8.01. The lowest BCUT2D eigenvalue weighted by Crippen LogP contribution is -2.38. The number of benzene rings is 2. The second kappa shape index (κ2) is 8.45. The number of hydrogen-bond acceptors (Lipinski definition) is 5. The minimum atomic E-state index is -4.02. The number of aryl methyl sites for hydroxylation is 3. The molecule has 5 nitrogen and oxygen atoms in total. The van der Waals surface area contributed by atoms with Crippen molar-refractivity contribution in [3.05, 3.63) is 63.8 Å². The zero-order valence-electron chi connectivity index (χ0n) is 17.6. The molecule has 0 unspecified atom stereocenters. The lowest BCUT2D eigenvalue weighted by Gasteiger charge is -2.27. The van der Waals surface area contributed by atoms with Gasteiger partial charge in [0.15, 0.2) is 0 Å². The molecule has 1 saturated heterocycles. The topological polar surface area (TPSA) is 67.3 Å². The summed E-state index contributed by atoms with van der Waals surface area (Å²) in [5.74, 6) is 1.35.